The Kier molecular flexibility index (Phi) is 10.0. The van der Waals surface area contributed by atoms with Gasteiger partial charge in [0.05, 0.1) is 13.2 Å². The number of halogens is 1. The van der Waals surface area contributed by atoms with Crippen LogP contribution in [-0.4, -0.2) is 57.3 Å². The van der Waals surface area contributed by atoms with Gasteiger partial charge >= 0.3 is 0 Å². The number of aliphatic imine (C=N–C) groups is 1. The maximum absolute atomic E-state index is 5.38. The summed E-state index contributed by atoms with van der Waals surface area (Å²) >= 11 is 1.72. The molecule has 0 aromatic carbocycles. The fourth-order valence-corrected chi connectivity index (χ4v) is 3.03. The molecule has 0 spiro atoms. The van der Waals surface area contributed by atoms with E-state index in [2.05, 4.69) is 44.3 Å². The smallest absolute Gasteiger partial charge is 0.191 e. The second kappa shape index (κ2) is 11.2. The Balaban J connectivity index is 0.00000242. The molecule has 1 fully saturated rings. The Bertz CT molecular complexity index is 421. The fraction of sp³-hybridized carbons (Fsp3) is 0.667. The Morgan fingerprint density at radius 3 is 2.82 bits per heavy atom. The molecule has 0 amide bonds. The highest BCUT2D eigenvalue weighted by atomic mass is 127. The van der Waals surface area contributed by atoms with Crippen molar-refractivity contribution in [3.8, 4) is 0 Å². The number of morpholine rings is 1. The van der Waals surface area contributed by atoms with Gasteiger partial charge in [0, 0.05) is 39.8 Å². The first-order valence-corrected chi connectivity index (χ1v) is 8.48. The summed E-state index contributed by atoms with van der Waals surface area (Å²) in [7, 11) is 1.82. The molecule has 1 atom stereocenters. The molecule has 1 aliphatic heterocycles. The van der Waals surface area contributed by atoms with Gasteiger partial charge in [0.1, 0.15) is 0 Å². The predicted octanol–water partition coefficient (Wildman–Crippen LogP) is 2.00. The molecule has 0 saturated carbocycles. The van der Waals surface area contributed by atoms with Gasteiger partial charge in [-0.05, 0) is 28.3 Å². The highest BCUT2D eigenvalue weighted by molar-refractivity contribution is 14.0. The first-order chi connectivity index (χ1) is 10.3. The summed E-state index contributed by atoms with van der Waals surface area (Å²) in [6.45, 7) is 8.97. The Morgan fingerprint density at radius 2 is 2.18 bits per heavy atom. The van der Waals surface area contributed by atoms with Gasteiger partial charge < -0.3 is 15.4 Å². The van der Waals surface area contributed by atoms with Crippen molar-refractivity contribution in [1.82, 2.24) is 15.5 Å². The summed E-state index contributed by atoms with van der Waals surface area (Å²) in [5.41, 5.74) is 1.30. The molecule has 1 aromatic heterocycles. The molecule has 22 heavy (non-hydrogen) atoms. The van der Waals surface area contributed by atoms with Crippen LogP contribution in [0.1, 0.15) is 12.5 Å². The van der Waals surface area contributed by atoms with E-state index in [9.17, 15) is 0 Å². The van der Waals surface area contributed by atoms with E-state index in [1.165, 1.54) is 5.56 Å². The largest absolute Gasteiger partial charge is 0.379 e. The van der Waals surface area contributed by atoms with Crippen LogP contribution in [0.15, 0.2) is 21.8 Å². The van der Waals surface area contributed by atoms with Gasteiger partial charge in [-0.3, -0.25) is 9.89 Å². The first-order valence-electron chi connectivity index (χ1n) is 7.53. The number of guanidine groups is 1. The number of nitrogens with zero attached hydrogens (tertiary/aromatic N) is 2. The zero-order valence-electron chi connectivity index (χ0n) is 13.4. The van der Waals surface area contributed by atoms with Crippen LogP contribution < -0.4 is 10.6 Å². The van der Waals surface area contributed by atoms with Gasteiger partial charge in [-0.2, -0.15) is 11.3 Å². The molecule has 2 rings (SSSR count). The van der Waals surface area contributed by atoms with Crippen molar-refractivity contribution in [3.63, 3.8) is 0 Å². The van der Waals surface area contributed by atoms with E-state index in [0.29, 0.717) is 5.92 Å². The maximum atomic E-state index is 5.38. The zero-order valence-corrected chi connectivity index (χ0v) is 16.5. The van der Waals surface area contributed by atoms with Crippen LogP contribution in [0.5, 0.6) is 0 Å². The zero-order chi connectivity index (χ0) is 14.9. The van der Waals surface area contributed by atoms with Crippen molar-refractivity contribution in [2.24, 2.45) is 10.9 Å². The molecule has 2 N–H and O–H groups in total. The Morgan fingerprint density at radius 1 is 1.41 bits per heavy atom. The number of ether oxygens (including phenoxy) is 1. The topological polar surface area (TPSA) is 48.9 Å². The maximum Gasteiger partial charge on any atom is 0.191 e. The summed E-state index contributed by atoms with van der Waals surface area (Å²) in [5, 5.41) is 11.0. The Labute approximate surface area is 154 Å². The lowest BCUT2D eigenvalue weighted by molar-refractivity contribution is 0.0320. The SMILES string of the molecule is CN=C(NCc1ccsc1)NCC(C)CN1CCOCC1.I. The van der Waals surface area contributed by atoms with Crippen molar-refractivity contribution in [3.05, 3.63) is 22.4 Å². The van der Waals surface area contributed by atoms with Crippen molar-refractivity contribution in [2.45, 2.75) is 13.5 Å². The molecule has 2 heterocycles. The molecule has 0 bridgehead atoms. The standard InChI is InChI=1S/C15H26N4OS.HI/c1-13(11-19-4-6-20-7-5-19)9-17-15(16-2)18-10-14-3-8-21-12-14;/h3,8,12-13H,4-7,9-11H2,1-2H3,(H2,16,17,18);1H. The van der Waals surface area contributed by atoms with Gasteiger partial charge in [0.25, 0.3) is 0 Å². The molecule has 0 aliphatic carbocycles. The fourth-order valence-electron chi connectivity index (χ4n) is 2.36. The highest BCUT2D eigenvalue weighted by Gasteiger charge is 2.13. The summed E-state index contributed by atoms with van der Waals surface area (Å²) < 4.78 is 5.38. The monoisotopic (exact) mass is 438 g/mol. The van der Waals surface area contributed by atoms with Crippen molar-refractivity contribution in [2.75, 3.05) is 46.4 Å². The van der Waals surface area contributed by atoms with Crippen LogP contribution in [0.2, 0.25) is 0 Å². The normalized spacial score (nSPS) is 17.6. The molecule has 0 radical (unpaired) electrons. The minimum absolute atomic E-state index is 0. The van der Waals surface area contributed by atoms with E-state index >= 15 is 0 Å². The molecular formula is C15H27IN4OS. The Hall–Kier alpha value is -0.380. The van der Waals surface area contributed by atoms with Gasteiger partial charge in [0.15, 0.2) is 5.96 Å². The minimum Gasteiger partial charge on any atom is -0.379 e. The van der Waals surface area contributed by atoms with Crippen molar-refractivity contribution < 1.29 is 4.74 Å². The van der Waals surface area contributed by atoms with Crippen LogP contribution in [0, 0.1) is 5.92 Å². The molecule has 1 aliphatic rings. The lowest BCUT2D eigenvalue weighted by Crippen LogP contribution is -2.43. The van der Waals surface area contributed by atoms with Gasteiger partial charge in [-0.15, -0.1) is 24.0 Å². The summed E-state index contributed by atoms with van der Waals surface area (Å²) in [6, 6.07) is 2.13. The number of hydrogen-bond donors (Lipinski definition) is 2. The molecular weight excluding hydrogens is 411 g/mol. The minimum atomic E-state index is 0. The van der Waals surface area contributed by atoms with Gasteiger partial charge in [0.2, 0.25) is 0 Å². The van der Waals surface area contributed by atoms with Gasteiger partial charge in [-0.25, -0.2) is 0 Å². The van der Waals surface area contributed by atoms with Gasteiger partial charge in [-0.1, -0.05) is 6.92 Å². The summed E-state index contributed by atoms with van der Waals surface area (Å²) in [5.74, 6) is 1.46. The molecule has 126 valence electrons. The average Bonchev–Trinajstić information content (AvgIpc) is 3.02. The summed E-state index contributed by atoms with van der Waals surface area (Å²) in [4.78, 5) is 6.74. The first kappa shape index (κ1) is 19.7. The van der Waals surface area contributed by atoms with E-state index in [4.69, 9.17) is 4.74 Å². The third kappa shape index (κ3) is 7.26. The lowest BCUT2D eigenvalue weighted by atomic mass is 10.1. The molecule has 1 saturated heterocycles. The van der Waals surface area contributed by atoms with Crippen LogP contribution in [0.3, 0.4) is 0 Å². The highest BCUT2D eigenvalue weighted by Crippen LogP contribution is 2.05. The van der Waals surface area contributed by atoms with E-state index < -0.39 is 0 Å². The third-order valence-electron chi connectivity index (χ3n) is 3.56. The molecule has 1 unspecified atom stereocenters. The molecule has 7 heteroatoms. The quantitative estimate of drug-likeness (QED) is 0.405. The van der Waals surface area contributed by atoms with Crippen molar-refractivity contribution >= 4 is 41.3 Å². The van der Waals surface area contributed by atoms with Crippen LogP contribution in [-0.2, 0) is 11.3 Å². The van der Waals surface area contributed by atoms with E-state index in [0.717, 1.165) is 51.9 Å². The van der Waals surface area contributed by atoms with E-state index in [-0.39, 0.29) is 24.0 Å². The van der Waals surface area contributed by atoms with Crippen molar-refractivity contribution in [1.29, 1.82) is 0 Å². The van der Waals surface area contributed by atoms with Crippen LogP contribution in [0.25, 0.3) is 0 Å². The van der Waals surface area contributed by atoms with Crippen LogP contribution >= 0.6 is 35.3 Å². The molecule has 1 aromatic rings. The number of hydrogen-bond acceptors (Lipinski definition) is 4. The molecule has 5 nitrogen and oxygen atoms in total. The average molecular weight is 438 g/mol. The number of nitrogens with one attached hydrogen (secondary N) is 2. The predicted molar refractivity (Wildman–Crippen MR) is 104 cm³/mol. The second-order valence-electron chi connectivity index (χ2n) is 5.46. The van der Waals surface area contributed by atoms with E-state index in [1.54, 1.807) is 11.3 Å². The van der Waals surface area contributed by atoms with Crippen LogP contribution in [0.4, 0.5) is 0 Å². The lowest BCUT2D eigenvalue weighted by Gasteiger charge is -2.29. The van der Waals surface area contributed by atoms with E-state index in [1.807, 2.05) is 7.05 Å². The second-order valence-corrected chi connectivity index (χ2v) is 6.24. The number of thiophene rings is 1. The summed E-state index contributed by atoms with van der Waals surface area (Å²) in [6.07, 6.45) is 0. The third-order valence-corrected chi connectivity index (χ3v) is 4.29. The number of rotatable bonds is 6.